The summed E-state index contributed by atoms with van der Waals surface area (Å²) in [6, 6.07) is 9.20. The van der Waals surface area contributed by atoms with Gasteiger partial charge in [0.2, 0.25) is 24.4 Å². The minimum atomic E-state index is -0.307. The number of hydrogen-bond donors (Lipinski definition) is 1. The molecule has 0 bridgehead atoms. The number of rotatable bonds is 8. The Morgan fingerprint density at radius 1 is 1.15 bits per heavy atom. The van der Waals surface area contributed by atoms with Crippen molar-refractivity contribution in [3.8, 4) is 23.1 Å². The number of benzene rings is 1. The number of carbonyl (C=O) groups is 2. The van der Waals surface area contributed by atoms with E-state index < -0.39 is 0 Å². The summed E-state index contributed by atoms with van der Waals surface area (Å²) < 4.78 is 16.3. The van der Waals surface area contributed by atoms with E-state index in [2.05, 4.69) is 20.7 Å². The molecule has 1 aromatic carbocycles. The lowest BCUT2D eigenvalue weighted by atomic mass is 10.2. The smallest absolute Gasteiger partial charge is 0.247 e. The first-order chi connectivity index (χ1) is 16.5. The molecule has 2 aromatic heterocycles. The predicted molar refractivity (Wildman–Crippen MR) is 119 cm³/mol. The summed E-state index contributed by atoms with van der Waals surface area (Å²) in [6.45, 7) is 1.99. The van der Waals surface area contributed by atoms with Crippen molar-refractivity contribution in [1.29, 1.82) is 0 Å². The Bertz CT molecular complexity index is 1180. The first kappa shape index (κ1) is 21.9. The van der Waals surface area contributed by atoms with Gasteiger partial charge >= 0.3 is 0 Å². The van der Waals surface area contributed by atoms with Gasteiger partial charge in [-0.3, -0.25) is 9.59 Å². The van der Waals surface area contributed by atoms with E-state index in [1.807, 2.05) is 19.1 Å². The summed E-state index contributed by atoms with van der Waals surface area (Å²) in [5.41, 5.74) is 0.824. The Morgan fingerprint density at radius 3 is 2.76 bits per heavy atom. The molecule has 2 aliphatic rings. The van der Waals surface area contributed by atoms with Crippen LogP contribution >= 0.6 is 0 Å². The predicted octanol–water partition coefficient (Wildman–Crippen LogP) is 2.06. The number of ether oxygens (including phenoxy) is 2. The zero-order chi connectivity index (χ0) is 23.5. The fraction of sp³-hybridized carbons (Fsp3) is 0.435. The fourth-order valence-corrected chi connectivity index (χ4v) is 4.19. The maximum atomic E-state index is 13.2. The molecule has 0 unspecified atom stereocenters. The summed E-state index contributed by atoms with van der Waals surface area (Å²) in [7, 11) is 0. The second-order valence-electron chi connectivity index (χ2n) is 8.54. The highest BCUT2D eigenvalue weighted by Gasteiger charge is 2.24. The molecule has 0 saturated heterocycles. The van der Waals surface area contributed by atoms with E-state index in [0.717, 1.165) is 37.0 Å². The molecule has 11 nitrogen and oxygen atoms in total. The van der Waals surface area contributed by atoms with E-state index in [1.165, 1.54) is 9.70 Å². The van der Waals surface area contributed by atoms with Gasteiger partial charge in [0.05, 0.1) is 6.54 Å². The lowest BCUT2D eigenvalue weighted by molar-refractivity contribution is -0.137. The minimum Gasteiger partial charge on any atom is -0.458 e. The average Bonchev–Trinajstić information content (AvgIpc) is 3.61. The van der Waals surface area contributed by atoms with Crippen molar-refractivity contribution in [2.45, 2.75) is 51.7 Å². The molecular formula is C23H26N6O5. The molecular weight excluding hydrogens is 440 g/mol. The zero-order valence-corrected chi connectivity index (χ0v) is 18.9. The van der Waals surface area contributed by atoms with Crippen LogP contribution < -0.4 is 14.8 Å². The number of hydrogen-bond acceptors (Lipinski definition) is 8. The third kappa shape index (κ3) is 5.03. The molecule has 11 heteroatoms. The van der Waals surface area contributed by atoms with E-state index in [-0.39, 0.29) is 44.3 Å². The maximum absolute atomic E-state index is 13.2. The highest BCUT2D eigenvalue weighted by atomic mass is 16.7. The van der Waals surface area contributed by atoms with Crippen LogP contribution in [0.4, 0.5) is 0 Å². The molecule has 5 rings (SSSR count). The Balaban J connectivity index is 1.29. The van der Waals surface area contributed by atoms with Gasteiger partial charge in [0, 0.05) is 12.6 Å². The fourth-order valence-electron chi connectivity index (χ4n) is 4.19. The van der Waals surface area contributed by atoms with Gasteiger partial charge < -0.3 is 24.1 Å². The third-order valence-corrected chi connectivity index (χ3v) is 5.91. The quantitative estimate of drug-likeness (QED) is 0.535. The summed E-state index contributed by atoms with van der Waals surface area (Å²) in [4.78, 5) is 28.6. The lowest BCUT2D eigenvalue weighted by Gasteiger charge is -2.23. The normalized spacial score (nSPS) is 15.0. The Morgan fingerprint density at radius 2 is 1.97 bits per heavy atom. The van der Waals surface area contributed by atoms with Gasteiger partial charge in [-0.05, 0) is 54.8 Å². The zero-order valence-electron chi connectivity index (χ0n) is 18.9. The van der Waals surface area contributed by atoms with Crippen molar-refractivity contribution >= 4 is 11.8 Å². The summed E-state index contributed by atoms with van der Waals surface area (Å²) >= 11 is 0. The standard InChI is InChI=1S/C23H26N6O5/c1-15-6-8-19(34-15)23-25-27-29(26-23)13-22(31)28(12-21(30)24-17-4-2-3-5-17)11-16-7-9-18-20(10-16)33-14-32-18/h6-10,17H,2-5,11-14H2,1H3,(H,24,30). The van der Waals surface area contributed by atoms with E-state index in [0.29, 0.717) is 23.1 Å². The van der Waals surface area contributed by atoms with Crippen LogP contribution in [0.15, 0.2) is 34.7 Å². The Kier molecular flexibility index (Phi) is 6.15. The van der Waals surface area contributed by atoms with Crippen LogP contribution in [0.5, 0.6) is 11.5 Å². The van der Waals surface area contributed by atoms with E-state index in [4.69, 9.17) is 13.9 Å². The van der Waals surface area contributed by atoms with Crippen LogP contribution in [-0.4, -0.2) is 56.3 Å². The molecule has 1 aliphatic heterocycles. The lowest BCUT2D eigenvalue weighted by Crippen LogP contribution is -2.44. The summed E-state index contributed by atoms with van der Waals surface area (Å²) in [5, 5.41) is 15.2. The number of amides is 2. The van der Waals surface area contributed by atoms with Crippen molar-refractivity contribution < 1.29 is 23.5 Å². The molecule has 1 aliphatic carbocycles. The largest absolute Gasteiger partial charge is 0.458 e. The van der Waals surface area contributed by atoms with Gasteiger partial charge in [-0.15, -0.1) is 10.2 Å². The molecule has 34 heavy (non-hydrogen) atoms. The van der Waals surface area contributed by atoms with Crippen LogP contribution in [0.25, 0.3) is 11.6 Å². The van der Waals surface area contributed by atoms with Crippen molar-refractivity contribution in [1.82, 2.24) is 30.4 Å². The van der Waals surface area contributed by atoms with Gasteiger partial charge in [0.25, 0.3) is 0 Å². The maximum Gasteiger partial charge on any atom is 0.247 e. The number of tetrazole rings is 1. The van der Waals surface area contributed by atoms with Crippen LogP contribution in [0.1, 0.15) is 37.0 Å². The molecule has 1 fully saturated rings. The topological polar surface area (TPSA) is 125 Å². The monoisotopic (exact) mass is 466 g/mol. The van der Waals surface area contributed by atoms with Crippen molar-refractivity contribution in [3.05, 3.63) is 41.7 Å². The van der Waals surface area contributed by atoms with Gasteiger partial charge in [0.15, 0.2) is 17.3 Å². The number of aryl methyl sites for hydroxylation is 1. The number of nitrogens with one attached hydrogen (secondary N) is 1. The molecule has 3 aromatic rings. The number of furan rings is 1. The van der Waals surface area contributed by atoms with Crippen molar-refractivity contribution in [3.63, 3.8) is 0 Å². The Labute approximate surface area is 196 Å². The molecule has 0 spiro atoms. The minimum absolute atomic E-state index is 0.0668. The number of nitrogens with zero attached hydrogens (tertiary/aromatic N) is 5. The van der Waals surface area contributed by atoms with Crippen LogP contribution in [0.3, 0.4) is 0 Å². The summed E-state index contributed by atoms with van der Waals surface area (Å²) in [5.74, 6) is 2.29. The number of carbonyl (C=O) groups excluding carboxylic acids is 2. The molecule has 1 saturated carbocycles. The third-order valence-electron chi connectivity index (χ3n) is 5.91. The molecule has 3 heterocycles. The van der Waals surface area contributed by atoms with Crippen LogP contribution in [-0.2, 0) is 22.7 Å². The van der Waals surface area contributed by atoms with E-state index in [9.17, 15) is 9.59 Å². The highest BCUT2D eigenvalue weighted by Crippen LogP contribution is 2.32. The molecule has 0 atom stereocenters. The van der Waals surface area contributed by atoms with E-state index in [1.54, 1.807) is 18.2 Å². The van der Waals surface area contributed by atoms with E-state index >= 15 is 0 Å². The Hall–Kier alpha value is -3.89. The van der Waals surface area contributed by atoms with Gasteiger partial charge in [-0.1, -0.05) is 18.9 Å². The molecule has 178 valence electrons. The molecule has 2 amide bonds. The first-order valence-electron chi connectivity index (χ1n) is 11.3. The molecule has 1 N–H and O–H groups in total. The van der Waals surface area contributed by atoms with Crippen molar-refractivity contribution in [2.75, 3.05) is 13.3 Å². The second-order valence-corrected chi connectivity index (χ2v) is 8.54. The number of aromatic nitrogens is 4. The number of fused-ring (bicyclic) bond motifs is 1. The second kappa shape index (κ2) is 9.54. The van der Waals surface area contributed by atoms with Crippen molar-refractivity contribution in [2.24, 2.45) is 0 Å². The van der Waals surface area contributed by atoms with Crippen LogP contribution in [0, 0.1) is 6.92 Å². The average molecular weight is 466 g/mol. The SMILES string of the molecule is Cc1ccc(-c2nnn(CC(=O)N(CC(=O)NC3CCCC3)Cc3ccc4c(c3)OCO4)n2)o1. The van der Waals surface area contributed by atoms with Crippen LogP contribution in [0.2, 0.25) is 0 Å². The van der Waals surface area contributed by atoms with Gasteiger partial charge in [-0.25, -0.2) is 0 Å². The first-order valence-corrected chi connectivity index (χ1v) is 11.3. The highest BCUT2D eigenvalue weighted by molar-refractivity contribution is 5.84. The summed E-state index contributed by atoms with van der Waals surface area (Å²) in [6.07, 6.45) is 4.17. The van der Waals surface area contributed by atoms with Gasteiger partial charge in [0.1, 0.15) is 12.3 Å². The molecule has 0 radical (unpaired) electrons. The van der Waals surface area contributed by atoms with Gasteiger partial charge in [-0.2, -0.15) is 4.80 Å².